The summed E-state index contributed by atoms with van der Waals surface area (Å²) in [6, 6.07) is 26.4. The lowest BCUT2D eigenvalue weighted by Gasteiger charge is -2.37. The molecule has 0 aliphatic carbocycles. The van der Waals surface area contributed by atoms with Crippen molar-refractivity contribution in [2.45, 2.75) is 0 Å². The number of aldehydes is 1. The third-order valence-electron chi connectivity index (χ3n) is 5.05. The Kier molecular flexibility index (Phi) is 5.48. The zero-order chi connectivity index (χ0) is 19.2. The minimum Gasteiger partial charge on any atom is -0.368 e. The van der Waals surface area contributed by atoms with Crippen LogP contribution in [0.5, 0.6) is 0 Å². The molecule has 0 saturated carbocycles. The van der Waals surface area contributed by atoms with Crippen LogP contribution >= 0.6 is 0 Å². The van der Waals surface area contributed by atoms with E-state index in [0.29, 0.717) is 0 Å². The molecule has 4 heteroatoms. The second kappa shape index (κ2) is 8.53. The summed E-state index contributed by atoms with van der Waals surface area (Å²) in [7, 11) is 0. The minimum atomic E-state index is 0.721. The van der Waals surface area contributed by atoms with Crippen LogP contribution in [-0.4, -0.2) is 38.7 Å². The molecular weight excluding hydrogens is 346 g/mol. The molecule has 1 heterocycles. The number of carbonyl (C=O) groups excluding carboxylic acids is 1. The molecule has 0 amide bonds. The standard InChI is InChI=1S/C24H23N3O/c28-19-21-8-12-24(13-9-21)27-16-14-26(15-17-27)23-10-6-20(7-11-23)18-25-22-4-2-1-3-5-22/h1-13,18-19H,14-17H2. The lowest BCUT2D eigenvalue weighted by Crippen LogP contribution is -2.46. The summed E-state index contributed by atoms with van der Waals surface area (Å²) in [6.07, 6.45) is 2.79. The molecule has 0 spiro atoms. The van der Waals surface area contributed by atoms with Crippen LogP contribution in [0.2, 0.25) is 0 Å². The van der Waals surface area contributed by atoms with Gasteiger partial charge in [0.25, 0.3) is 0 Å². The fraction of sp³-hybridized carbons (Fsp3) is 0.167. The van der Waals surface area contributed by atoms with Crippen LogP contribution in [0.1, 0.15) is 15.9 Å². The van der Waals surface area contributed by atoms with Gasteiger partial charge in [-0.1, -0.05) is 30.3 Å². The van der Waals surface area contributed by atoms with Gasteiger partial charge in [-0.3, -0.25) is 9.79 Å². The number of aliphatic imine (C=N–C) groups is 1. The highest BCUT2D eigenvalue weighted by molar-refractivity contribution is 5.82. The Balaban J connectivity index is 1.35. The first-order valence-electron chi connectivity index (χ1n) is 9.56. The zero-order valence-electron chi connectivity index (χ0n) is 15.7. The van der Waals surface area contributed by atoms with Gasteiger partial charge in [-0.05, 0) is 54.1 Å². The van der Waals surface area contributed by atoms with Crippen molar-refractivity contribution in [3.63, 3.8) is 0 Å². The molecule has 140 valence electrons. The van der Waals surface area contributed by atoms with Gasteiger partial charge in [0.15, 0.2) is 0 Å². The number of nitrogens with zero attached hydrogens (tertiary/aromatic N) is 3. The highest BCUT2D eigenvalue weighted by Crippen LogP contribution is 2.21. The summed E-state index contributed by atoms with van der Waals surface area (Å²) < 4.78 is 0. The van der Waals surface area contributed by atoms with Crippen molar-refractivity contribution in [1.82, 2.24) is 0 Å². The first-order chi connectivity index (χ1) is 13.8. The molecule has 0 unspecified atom stereocenters. The van der Waals surface area contributed by atoms with E-state index in [1.807, 2.05) is 60.8 Å². The predicted molar refractivity (Wildman–Crippen MR) is 116 cm³/mol. The number of rotatable bonds is 5. The van der Waals surface area contributed by atoms with Gasteiger partial charge in [0, 0.05) is 49.3 Å². The third-order valence-corrected chi connectivity index (χ3v) is 5.05. The average molecular weight is 369 g/mol. The van der Waals surface area contributed by atoms with E-state index in [-0.39, 0.29) is 0 Å². The molecule has 0 N–H and O–H groups in total. The summed E-state index contributed by atoms with van der Waals surface area (Å²) in [5.74, 6) is 0. The number of hydrogen-bond donors (Lipinski definition) is 0. The number of anilines is 2. The second-order valence-corrected chi connectivity index (χ2v) is 6.87. The summed E-state index contributed by atoms with van der Waals surface area (Å²) >= 11 is 0. The Morgan fingerprint density at radius 2 is 1.14 bits per heavy atom. The number of piperazine rings is 1. The van der Waals surface area contributed by atoms with Crippen LogP contribution in [0.3, 0.4) is 0 Å². The quantitative estimate of drug-likeness (QED) is 0.488. The van der Waals surface area contributed by atoms with Crippen LogP contribution in [0.4, 0.5) is 17.1 Å². The molecule has 1 saturated heterocycles. The maximum absolute atomic E-state index is 10.8. The van der Waals surface area contributed by atoms with Gasteiger partial charge in [-0.25, -0.2) is 0 Å². The third kappa shape index (κ3) is 4.29. The maximum atomic E-state index is 10.8. The van der Waals surface area contributed by atoms with Gasteiger partial charge in [0.05, 0.1) is 5.69 Å². The van der Waals surface area contributed by atoms with Crippen molar-refractivity contribution in [2.75, 3.05) is 36.0 Å². The van der Waals surface area contributed by atoms with Crippen molar-refractivity contribution in [3.05, 3.63) is 90.0 Å². The molecule has 0 aromatic heterocycles. The molecule has 4 rings (SSSR count). The Morgan fingerprint density at radius 3 is 1.64 bits per heavy atom. The fourth-order valence-corrected chi connectivity index (χ4v) is 3.42. The fourth-order valence-electron chi connectivity index (χ4n) is 3.42. The summed E-state index contributed by atoms with van der Waals surface area (Å²) in [4.78, 5) is 20.1. The van der Waals surface area contributed by atoms with E-state index < -0.39 is 0 Å². The predicted octanol–water partition coefficient (Wildman–Crippen LogP) is 4.58. The monoisotopic (exact) mass is 369 g/mol. The van der Waals surface area contributed by atoms with Crippen molar-refractivity contribution < 1.29 is 4.79 Å². The van der Waals surface area contributed by atoms with Crippen molar-refractivity contribution in [3.8, 4) is 0 Å². The van der Waals surface area contributed by atoms with E-state index in [9.17, 15) is 4.79 Å². The number of benzene rings is 3. The number of hydrogen-bond acceptors (Lipinski definition) is 4. The number of carbonyl (C=O) groups is 1. The molecule has 3 aromatic rings. The SMILES string of the molecule is O=Cc1ccc(N2CCN(c3ccc(C=Nc4ccccc4)cc3)CC2)cc1. The average Bonchev–Trinajstić information content (AvgIpc) is 2.79. The van der Waals surface area contributed by atoms with Crippen molar-refractivity contribution in [1.29, 1.82) is 0 Å². The van der Waals surface area contributed by atoms with Crippen LogP contribution in [0.15, 0.2) is 83.9 Å². The van der Waals surface area contributed by atoms with Gasteiger partial charge in [0.1, 0.15) is 6.29 Å². The largest absolute Gasteiger partial charge is 0.368 e. The van der Waals surface area contributed by atoms with E-state index >= 15 is 0 Å². The molecule has 3 aromatic carbocycles. The number of para-hydroxylation sites is 1. The van der Waals surface area contributed by atoms with Crippen LogP contribution < -0.4 is 9.80 Å². The molecule has 1 aliphatic heterocycles. The molecule has 4 nitrogen and oxygen atoms in total. The van der Waals surface area contributed by atoms with Gasteiger partial charge in [0.2, 0.25) is 0 Å². The van der Waals surface area contributed by atoms with E-state index in [0.717, 1.165) is 49.3 Å². The first kappa shape index (κ1) is 18.0. The lowest BCUT2D eigenvalue weighted by atomic mass is 10.1. The normalized spacial score (nSPS) is 14.4. The molecule has 0 radical (unpaired) electrons. The van der Waals surface area contributed by atoms with Crippen molar-refractivity contribution >= 4 is 29.6 Å². The maximum Gasteiger partial charge on any atom is 0.150 e. The highest BCUT2D eigenvalue weighted by atomic mass is 16.1. The minimum absolute atomic E-state index is 0.721. The van der Waals surface area contributed by atoms with Gasteiger partial charge in [-0.15, -0.1) is 0 Å². The summed E-state index contributed by atoms with van der Waals surface area (Å²) in [6.45, 7) is 3.90. The van der Waals surface area contributed by atoms with E-state index in [1.54, 1.807) is 0 Å². The lowest BCUT2D eigenvalue weighted by molar-refractivity contribution is 0.112. The van der Waals surface area contributed by atoms with E-state index in [1.165, 1.54) is 11.4 Å². The second-order valence-electron chi connectivity index (χ2n) is 6.87. The van der Waals surface area contributed by atoms with Gasteiger partial charge >= 0.3 is 0 Å². The van der Waals surface area contributed by atoms with Crippen LogP contribution in [0.25, 0.3) is 0 Å². The van der Waals surface area contributed by atoms with Crippen LogP contribution in [-0.2, 0) is 0 Å². The first-order valence-corrected chi connectivity index (χ1v) is 9.56. The Morgan fingerprint density at radius 1 is 0.643 bits per heavy atom. The summed E-state index contributed by atoms with van der Waals surface area (Å²) in [5, 5.41) is 0. The molecular formula is C24H23N3O. The van der Waals surface area contributed by atoms with E-state index in [2.05, 4.69) is 39.1 Å². The molecule has 0 bridgehead atoms. The highest BCUT2D eigenvalue weighted by Gasteiger charge is 2.17. The molecule has 1 aliphatic rings. The Hall–Kier alpha value is -3.40. The van der Waals surface area contributed by atoms with Crippen LogP contribution in [0, 0.1) is 0 Å². The Labute approximate surface area is 165 Å². The van der Waals surface area contributed by atoms with Gasteiger partial charge < -0.3 is 9.80 Å². The smallest absolute Gasteiger partial charge is 0.150 e. The molecule has 1 fully saturated rings. The van der Waals surface area contributed by atoms with Gasteiger partial charge in [-0.2, -0.15) is 0 Å². The molecule has 0 atom stereocenters. The topological polar surface area (TPSA) is 35.9 Å². The van der Waals surface area contributed by atoms with Crippen molar-refractivity contribution in [2.24, 2.45) is 4.99 Å². The van der Waals surface area contributed by atoms with E-state index in [4.69, 9.17) is 0 Å². The Bertz CT molecular complexity index is 926. The summed E-state index contributed by atoms with van der Waals surface area (Å²) in [5.41, 5.74) is 5.20. The molecule has 28 heavy (non-hydrogen) atoms. The zero-order valence-corrected chi connectivity index (χ0v) is 15.7.